The van der Waals surface area contributed by atoms with Gasteiger partial charge in [0.2, 0.25) is 0 Å². The van der Waals surface area contributed by atoms with E-state index in [4.69, 9.17) is 0 Å². The molecule has 0 bridgehead atoms. The highest BCUT2D eigenvalue weighted by Crippen LogP contribution is 2.32. The van der Waals surface area contributed by atoms with Crippen molar-refractivity contribution < 1.29 is 30.8 Å². The Morgan fingerprint density at radius 2 is 1.76 bits per heavy atom. The summed E-state index contributed by atoms with van der Waals surface area (Å²) in [5.41, 5.74) is -1.27. The van der Waals surface area contributed by atoms with Gasteiger partial charge in [-0.15, -0.1) is 0 Å². The molecule has 0 saturated heterocycles. The number of hydrogen-bond acceptors (Lipinski definition) is 3. The van der Waals surface area contributed by atoms with Gasteiger partial charge in [-0.2, -0.15) is 13.2 Å². The highest BCUT2D eigenvalue weighted by atomic mass is 32.2. The van der Waals surface area contributed by atoms with Crippen molar-refractivity contribution in [2.75, 3.05) is 5.75 Å². The zero-order valence-electron chi connectivity index (χ0n) is 14.2. The molecule has 8 heteroatoms. The number of rotatable bonds is 9. The Morgan fingerprint density at radius 1 is 1.12 bits per heavy atom. The van der Waals surface area contributed by atoms with Crippen molar-refractivity contribution in [2.24, 2.45) is 0 Å². The average molecular weight is 382 g/mol. The number of halogens is 4. The molecule has 0 radical (unpaired) electrons. The van der Waals surface area contributed by atoms with Crippen LogP contribution in [0.5, 0.6) is 0 Å². The molecular weight excluding hydrogens is 360 g/mol. The quantitative estimate of drug-likeness (QED) is 0.472. The van der Waals surface area contributed by atoms with Gasteiger partial charge in [0.15, 0.2) is 9.84 Å². The van der Waals surface area contributed by atoms with Gasteiger partial charge in [0.25, 0.3) is 0 Å². The molecule has 1 aromatic carbocycles. The molecule has 142 valence electrons. The number of carbonyl (C=O) groups excluding carboxylic acids is 1. The molecule has 3 nitrogen and oxygen atoms in total. The summed E-state index contributed by atoms with van der Waals surface area (Å²) in [6, 6.07) is 2.53. The second-order valence-electron chi connectivity index (χ2n) is 6.25. The Hall–Kier alpha value is -1.44. The lowest BCUT2D eigenvalue weighted by atomic mass is 10.0. The summed E-state index contributed by atoms with van der Waals surface area (Å²) in [6.07, 6.45) is -3.38. The molecule has 0 aliphatic rings. The standard InChI is InChI=1S/C17H22F4O3S/c1-12(2)25(23,24)9-5-3-4-6-14(22)10-13-7-8-16(18)15(11-13)17(19,20)21/h7-8,11-12H,3-6,9-10H2,1-2H3. The van der Waals surface area contributed by atoms with Gasteiger partial charge in [-0.05, 0) is 44.4 Å². The van der Waals surface area contributed by atoms with Gasteiger partial charge in [0, 0.05) is 12.8 Å². The van der Waals surface area contributed by atoms with Crippen molar-refractivity contribution in [3.05, 3.63) is 35.1 Å². The topological polar surface area (TPSA) is 51.2 Å². The Bertz CT molecular complexity index is 694. The van der Waals surface area contributed by atoms with Crippen LogP contribution in [0.15, 0.2) is 18.2 Å². The van der Waals surface area contributed by atoms with Crippen LogP contribution in [0.2, 0.25) is 0 Å². The first-order valence-corrected chi connectivity index (χ1v) is 9.74. The SMILES string of the molecule is CC(C)S(=O)(=O)CCCCCC(=O)Cc1ccc(F)c(C(F)(F)F)c1. The molecule has 0 atom stereocenters. The van der Waals surface area contributed by atoms with Crippen molar-refractivity contribution in [1.82, 2.24) is 0 Å². The van der Waals surface area contributed by atoms with Crippen LogP contribution in [-0.2, 0) is 27.2 Å². The fourth-order valence-corrected chi connectivity index (χ4v) is 3.33. The molecule has 0 amide bonds. The molecule has 25 heavy (non-hydrogen) atoms. The van der Waals surface area contributed by atoms with E-state index in [0.29, 0.717) is 31.4 Å². The Morgan fingerprint density at radius 3 is 2.32 bits per heavy atom. The molecule has 0 heterocycles. The summed E-state index contributed by atoms with van der Waals surface area (Å²) in [7, 11) is -3.10. The molecule has 0 saturated carbocycles. The van der Waals surface area contributed by atoms with Crippen LogP contribution >= 0.6 is 0 Å². The fourth-order valence-electron chi connectivity index (χ4n) is 2.25. The molecule has 0 aliphatic heterocycles. The number of benzene rings is 1. The number of ketones is 1. The van der Waals surface area contributed by atoms with Crippen molar-refractivity contribution in [3.63, 3.8) is 0 Å². The van der Waals surface area contributed by atoms with Crippen molar-refractivity contribution in [1.29, 1.82) is 0 Å². The lowest BCUT2D eigenvalue weighted by Gasteiger charge is -2.10. The first kappa shape index (κ1) is 21.6. The van der Waals surface area contributed by atoms with E-state index in [1.807, 2.05) is 0 Å². The largest absolute Gasteiger partial charge is 0.419 e. The molecule has 1 aromatic rings. The average Bonchev–Trinajstić information content (AvgIpc) is 2.47. The van der Waals surface area contributed by atoms with Crippen molar-refractivity contribution in [2.45, 2.75) is 57.4 Å². The summed E-state index contributed by atoms with van der Waals surface area (Å²) in [6.45, 7) is 3.22. The highest BCUT2D eigenvalue weighted by molar-refractivity contribution is 7.91. The second-order valence-corrected chi connectivity index (χ2v) is 8.93. The van der Waals surface area contributed by atoms with E-state index in [1.54, 1.807) is 13.8 Å². The predicted octanol–water partition coefficient (Wildman–Crippen LogP) is 4.34. The van der Waals surface area contributed by atoms with Crippen LogP contribution in [0.4, 0.5) is 17.6 Å². The van der Waals surface area contributed by atoms with Gasteiger partial charge < -0.3 is 0 Å². The molecule has 0 aliphatic carbocycles. The van der Waals surface area contributed by atoms with Crippen molar-refractivity contribution in [3.8, 4) is 0 Å². The molecule has 0 unspecified atom stereocenters. The number of hydrogen-bond donors (Lipinski definition) is 0. The van der Waals surface area contributed by atoms with E-state index in [1.165, 1.54) is 0 Å². The van der Waals surface area contributed by atoms with E-state index in [-0.39, 0.29) is 29.9 Å². The van der Waals surface area contributed by atoms with Crippen LogP contribution in [-0.4, -0.2) is 25.2 Å². The Balaban J connectivity index is 2.46. The third kappa shape index (κ3) is 7.13. The molecule has 0 N–H and O–H groups in total. The summed E-state index contributed by atoms with van der Waals surface area (Å²) in [5, 5.41) is -0.435. The van der Waals surface area contributed by atoms with Crippen LogP contribution in [0, 0.1) is 5.82 Å². The van der Waals surface area contributed by atoms with Gasteiger partial charge in [-0.3, -0.25) is 4.79 Å². The van der Waals surface area contributed by atoms with E-state index >= 15 is 0 Å². The molecular formula is C17H22F4O3S. The first-order chi connectivity index (χ1) is 11.4. The minimum absolute atomic E-state index is 0.0613. The van der Waals surface area contributed by atoms with Gasteiger partial charge in [-0.25, -0.2) is 12.8 Å². The Kier molecular flexibility index (Phi) is 7.59. The van der Waals surface area contributed by atoms with Crippen LogP contribution in [0.1, 0.15) is 50.7 Å². The monoisotopic (exact) mass is 382 g/mol. The zero-order chi connectivity index (χ0) is 19.3. The molecule has 1 rings (SSSR count). The first-order valence-electron chi connectivity index (χ1n) is 8.02. The lowest BCUT2D eigenvalue weighted by molar-refractivity contribution is -0.140. The van der Waals surface area contributed by atoms with Crippen LogP contribution in [0.3, 0.4) is 0 Å². The van der Waals surface area contributed by atoms with Crippen LogP contribution in [0.25, 0.3) is 0 Å². The lowest BCUT2D eigenvalue weighted by Crippen LogP contribution is -2.17. The molecule has 0 fully saturated rings. The van der Waals surface area contributed by atoms with E-state index in [2.05, 4.69) is 0 Å². The van der Waals surface area contributed by atoms with E-state index < -0.39 is 32.6 Å². The normalized spacial score (nSPS) is 12.6. The summed E-state index contributed by atoms with van der Waals surface area (Å²) >= 11 is 0. The maximum absolute atomic E-state index is 13.2. The third-order valence-electron chi connectivity index (χ3n) is 3.84. The van der Waals surface area contributed by atoms with Crippen molar-refractivity contribution >= 4 is 15.6 Å². The zero-order valence-corrected chi connectivity index (χ0v) is 15.0. The van der Waals surface area contributed by atoms with Gasteiger partial charge >= 0.3 is 6.18 Å². The molecule has 0 spiro atoms. The second kappa shape index (κ2) is 8.78. The van der Waals surface area contributed by atoms with Gasteiger partial charge in [0.1, 0.15) is 11.6 Å². The minimum atomic E-state index is -4.80. The van der Waals surface area contributed by atoms with E-state index in [9.17, 15) is 30.8 Å². The van der Waals surface area contributed by atoms with Crippen LogP contribution < -0.4 is 0 Å². The fraction of sp³-hybridized carbons (Fsp3) is 0.588. The van der Waals surface area contributed by atoms with Gasteiger partial charge in [-0.1, -0.05) is 12.5 Å². The maximum atomic E-state index is 13.2. The maximum Gasteiger partial charge on any atom is 0.419 e. The van der Waals surface area contributed by atoms with Gasteiger partial charge in [0.05, 0.1) is 16.6 Å². The predicted molar refractivity (Wildman–Crippen MR) is 87.5 cm³/mol. The third-order valence-corrected chi connectivity index (χ3v) is 6.13. The summed E-state index contributed by atoms with van der Waals surface area (Å²) in [5.74, 6) is -1.56. The Labute approximate surface area is 145 Å². The number of carbonyl (C=O) groups is 1. The smallest absolute Gasteiger partial charge is 0.299 e. The number of sulfone groups is 1. The summed E-state index contributed by atoms with van der Waals surface area (Å²) in [4.78, 5) is 11.8. The minimum Gasteiger partial charge on any atom is -0.299 e. The molecule has 0 aromatic heterocycles. The number of Topliss-reactive ketones (excluding diaryl/α,β-unsaturated/α-hetero) is 1. The highest BCUT2D eigenvalue weighted by Gasteiger charge is 2.34. The number of alkyl halides is 3. The number of unbranched alkanes of at least 4 members (excludes halogenated alkanes) is 2. The summed E-state index contributed by atoms with van der Waals surface area (Å²) < 4.78 is 74.3. The van der Waals surface area contributed by atoms with E-state index in [0.717, 1.165) is 6.07 Å².